The van der Waals surface area contributed by atoms with E-state index in [1.807, 2.05) is 11.4 Å². The minimum Gasteiger partial charge on any atom is -0.336 e. The second-order valence-corrected chi connectivity index (χ2v) is 6.10. The average Bonchev–Trinajstić information content (AvgIpc) is 2.97. The van der Waals surface area contributed by atoms with E-state index < -0.39 is 10.8 Å². The molecule has 0 saturated carbocycles. The molecule has 2 heterocycles. The van der Waals surface area contributed by atoms with Crippen LogP contribution in [0, 0.1) is 10.1 Å². The number of hydrogen-bond acceptors (Lipinski definition) is 5. The van der Waals surface area contributed by atoms with Crippen molar-refractivity contribution in [2.45, 2.75) is 6.54 Å². The zero-order valence-electron chi connectivity index (χ0n) is 9.79. The third kappa shape index (κ3) is 2.99. The molecule has 0 unspecified atom stereocenters. The third-order valence-corrected chi connectivity index (χ3v) is 3.97. The number of aromatic amines is 1. The molecule has 0 aliphatic rings. The van der Waals surface area contributed by atoms with Gasteiger partial charge in [-0.25, -0.2) is 0 Å². The molecule has 0 aliphatic heterocycles. The van der Waals surface area contributed by atoms with E-state index in [1.165, 1.54) is 16.2 Å². The lowest BCUT2D eigenvalue weighted by Crippen LogP contribution is -2.27. The molecule has 2 aromatic heterocycles. The van der Waals surface area contributed by atoms with Gasteiger partial charge in [0, 0.05) is 13.6 Å². The Morgan fingerprint density at radius 2 is 2.42 bits per heavy atom. The monoisotopic (exact) mass is 344 g/mol. The predicted octanol–water partition coefficient (Wildman–Crippen LogP) is 2.41. The van der Waals surface area contributed by atoms with Crippen molar-refractivity contribution in [2.75, 3.05) is 7.05 Å². The molecule has 0 aromatic carbocycles. The number of nitrogens with zero attached hydrogens (tertiary/aromatic N) is 3. The molecule has 9 heteroatoms. The van der Waals surface area contributed by atoms with Gasteiger partial charge in [-0.2, -0.15) is 5.10 Å². The maximum absolute atomic E-state index is 12.1. The summed E-state index contributed by atoms with van der Waals surface area (Å²) in [6.07, 6.45) is 1.03. The van der Waals surface area contributed by atoms with E-state index in [1.54, 1.807) is 7.05 Å². The summed E-state index contributed by atoms with van der Waals surface area (Å²) in [5.74, 6) is -0.466. The smallest absolute Gasteiger partial charge is 0.319 e. The Kier molecular flexibility index (Phi) is 3.96. The van der Waals surface area contributed by atoms with E-state index in [4.69, 9.17) is 0 Å². The van der Waals surface area contributed by atoms with Gasteiger partial charge in [0.25, 0.3) is 5.91 Å². The summed E-state index contributed by atoms with van der Waals surface area (Å²) in [4.78, 5) is 23.6. The lowest BCUT2D eigenvalue weighted by molar-refractivity contribution is -0.385. The van der Waals surface area contributed by atoms with Crippen molar-refractivity contribution in [1.29, 1.82) is 0 Å². The molecule has 0 saturated heterocycles. The van der Waals surface area contributed by atoms with Gasteiger partial charge in [-0.1, -0.05) is 0 Å². The van der Waals surface area contributed by atoms with E-state index >= 15 is 0 Å². The Hall–Kier alpha value is -1.74. The molecule has 100 valence electrons. The minimum atomic E-state index is -0.633. The highest BCUT2D eigenvalue weighted by atomic mass is 79.9. The Bertz CT molecular complexity index is 624. The van der Waals surface area contributed by atoms with E-state index in [0.29, 0.717) is 6.54 Å². The van der Waals surface area contributed by atoms with Crippen molar-refractivity contribution in [1.82, 2.24) is 15.1 Å². The minimum absolute atomic E-state index is 0.109. The predicted molar refractivity (Wildman–Crippen MR) is 73.1 cm³/mol. The van der Waals surface area contributed by atoms with Gasteiger partial charge in [0.15, 0.2) is 0 Å². The number of carbonyl (C=O) groups is 1. The number of halogens is 1. The van der Waals surface area contributed by atoms with Crippen LogP contribution in [0.2, 0.25) is 0 Å². The SMILES string of the molecule is CN(Cc1csc(Br)c1)C(=O)c1[nH]ncc1[N+](=O)[O-]. The second kappa shape index (κ2) is 5.49. The zero-order chi connectivity index (χ0) is 14.0. The molecule has 7 nitrogen and oxygen atoms in total. The van der Waals surface area contributed by atoms with Crippen LogP contribution in [0.25, 0.3) is 0 Å². The van der Waals surface area contributed by atoms with Crippen molar-refractivity contribution < 1.29 is 9.72 Å². The summed E-state index contributed by atoms with van der Waals surface area (Å²) in [6.45, 7) is 0.372. The Morgan fingerprint density at radius 3 is 3.00 bits per heavy atom. The fourth-order valence-electron chi connectivity index (χ4n) is 1.54. The van der Waals surface area contributed by atoms with Gasteiger partial charge in [0.2, 0.25) is 5.69 Å². The van der Waals surface area contributed by atoms with E-state index in [2.05, 4.69) is 26.1 Å². The quantitative estimate of drug-likeness (QED) is 0.680. The van der Waals surface area contributed by atoms with E-state index in [9.17, 15) is 14.9 Å². The van der Waals surface area contributed by atoms with Crippen molar-refractivity contribution in [2.24, 2.45) is 0 Å². The number of rotatable bonds is 4. The Labute approximate surface area is 120 Å². The fourth-order valence-corrected chi connectivity index (χ4v) is 2.74. The lowest BCUT2D eigenvalue weighted by Gasteiger charge is -2.14. The van der Waals surface area contributed by atoms with Crippen LogP contribution < -0.4 is 0 Å². The third-order valence-electron chi connectivity index (χ3n) is 2.42. The van der Waals surface area contributed by atoms with Gasteiger partial charge in [-0.3, -0.25) is 20.0 Å². The summed E-state index contributed by atoms with van der Waals surface area (Å²) >= 11 is 4.85. The van der Waals surface area contributed by atoms with Gasteiger partial charge in [0.1, 0.15) is 6.20 Å². The van der Waals surface area contributed by atoms with Crippen LogP contribution in [0.4, 0.5) is 5.69 Å². The fraction of sp³-hybridized carbons (Fsp3) is 0.200. The van der Waals surface area contributed by atoms with Crippen molar-refractivity contribution in [3.8, 4) is 0 Å². The molecule has 0 fully saturated rings. The van der Waals surface area contributed by atoms with Gasteiger partial charge in [0.05, 0.1) is 8.71 Å². The highest BCUT2D eigenvalue weighted by Gasteiger charge is 2.25. The van der Waals surface area contributed by atoms with Crippen LogP contribution in [0.15, 0.2) is 21.4 Å². The molecule has 0 atom stereocenters. The van der Waals surface area contributed by atoms with Crippen LogP contribution in [-0.2, 0) is 6.54 Å². The second-order valence-electron chi connectivity index (χ2n) is 3.81. The molecule has 0 radical (unpaired) electrons. The number of amides is 1. The summed E-state index contributed by atoms with van der Waals surface area (Å²) in [6, 6.07) is 1.90. The van der Waals surface area contributed by atoms with Crippen LogP contribution in [-0.4, -0.2) is 33.0 Å². The van der Waals surface area contributed by atoms with Crippen LogP contribution in [0.1, 0.15) is 16.1 Å². The first-order valence-corrected chi connectivity index (χ1v) is 6.82. The number of aromatic nitrogens is 2. The van der Waals surface area contributed by atoms with Crippen molar-refractivity contribution in [3.63, 3.8) is 0 Å². The summed E-state index contributed by atoms with van der Waals surface area (Å²) < 4.78 is 0.968. The highest BCUT2D eigenvalue weighted by molar-refractivity contribution is 9.11. The number of hydrogen-bond donors (Lipinski definition) is 1. The van der Waals surface area contributed by atoms with Gasteiger partial charge >= 0.3 is 5.69 Å². The molecule has 0 bridgehead atoms. The van der Waals surface area contributed by atoms with Crippen molar-refractivity contribution in [3.05, 3.63) is 42.8 Å². The molecular weight excluding hydrogens is 336 g/mol. The Balaban J connectivity index is 2.15. The van der Waals surface area contributed by atoms with Crippen LogP contribution >= 0.6 is 27.3 Å². The maximum atomic E-state index is 12.1. The Morgan fingerprint density at radius 1 is 1.68 bits per heavy atom. The first-order valence-electron chi connectivity index (χ1n) is 5.15. The first kappa shape index (κ1) is 13.7. The largest absolute Gasteiger partial charge is 0.336 e. The standard InChI is InChI=1S/C10H9BrN4O3S/c1-14(4-6-2-8(11)19-5-6)10(16)9-7(15(17)18)3-12-13-9/h2-3,5H,4H2,1H3,(H,12,13). The average molecular weight is 345 g/mol. The van der Waals surface area contributed by atoms with Gasteiger partial charge < -0.3 is 4.90 Å². The van der Waals surface area contributed by atoms with E-state index in [0.717, 1.165) is 15.5 Å². The summed E-state index contributed by atoms with van der Waals surface area (Å²) in [5.41, 5.74) is 0.528. The molecule has 1 N–H and O–H groups in total. The summed E-state index contributed by atoms with van der Waals surface area (Å²) in [5, 5.41) is 18.6. The summed E-state index contributed by atoms with van der Waals surface area (Å²) in [7, 11) is 1.58. The zero-order valence-corrected chi connectivity index (χ0v) is 12.2. The number of nitro groups is 1. The van der Waals surface area contributed by atoms with Gasteiger partial charge in [-0.15, -0.1) is 11.3 Å². The highest BCUT2D eigenvalue weighted by Crippen LogP contribution is 2.22. The molecular formula is C10H9BrN4O3S. The first-order chi connectivity index (χ1) is 8.99. The number of carbonyl (C=O) groups excluding carboxylic acids is 1. The molecule has 19 heavy (non-hydrogen) atoms. The van der Waals surface area contributed by atoms with Crippen LogP contribution in [0.3, 0.4) is 0 Å². The molecule has 1 amide bonds. The lowest BCUT2D eigenvalue weighted by atomic mass is 10.3. The molecule has 2 aromatic rings. The molecule has 0 aliphatic carbocycles. The van der Waals surface area contributed by atoms with Crippen molar-refractivity contribution >= 4 is 38.9 Å². The van der Waals surface area contributed by atoms with Gasteiger partial charge in [-0.05, 0) is 32.9 Å². The van der Waals surface area contributed by atoms with E-state index in [-0.39, 0.29) is 11.4 Å². The topological polar surface area (TPSA) is 92.1 Å². The normalized spacial score (nSPS) is 10.4. The molecule has 2 rings (SSSR count). The van der Waals surface area contributed by atoms with Crippen LogP contribution in [0.5, 0.6) is 0 Å². The number of thiophene rings is 1. The maximum Gasteiger partial charge on any atom is 0.319 e. The number of H-pyrrole nitrogens is 1. The molecule has 0 spiro atoms. The number of nitrogens with one attached hydrogen (secondary N) is 1.